The first kappa shape index (κ1) is 50.2. The van der Waals surface area contributed by atoms with Crippen molar-refractivity contribution in [3.05, 3.63) is 12.2 Å². The molecule has 0 amide bonds. The molecule has 2 heterocycles. The van der Waals surface area contributed by atoms with E-state index in [-0.39, 0.29) is 5.60 Å². The first-order valence-electron chi connectivity index (χ1n) is 20.2. The zero-order valence-corrected chi connectivity index (χ0v) is 36.7. The lowest BCUT2D eigenvalue weighted by molar-refractivity contribution is 0.00512. The van der Waals surface area contributed by atoms with Crippen LogP contribution in [-0.4, -0.2) is 74.1 Å². The van der Waals surface area contributed by atoms with E-state index in [1.807, 2.05) is 0 Å². The van der Waals surface area contributed by atoms with Crippen molar-refractivity contribution in [3.63, 3.8) is 0 Å². The highest BCUT2D eigenvalue weighted by Gasteiger charge is 2.30. The number of allylic oxidation sites excluding steroid dienone is 1. The summed E-state index contributed by atoms with van der Waals surface area (Å²) in [5, 5.41) is 4.20. The van der Waals surface area contributed by atoms with Crippen LogP contribution < -0.4 is 0 Å². The number of oxime groups is 1. The third-order valence-corrected chi connectivity index (χ3v) is 9.45. The molecular formula is C44H91N3O2. The largest absolute Gasteiger partial charge is 0.394 e. The molecule has 0 aromatic heterocycles. The molecule has 5 heteroatoms. The second kappa shape index (κ2) is 25.9. The molecule has 0 N–H and O–H groups in total. The molecule has 2 aliphatic heterocycles. The van der Waals surface area contributed by atoms with Gasteiger partial charge in [-0.25, -0.2) is 0 Å². The van der Waals surface area contributed by atoms with E-state index in [9.17, 15) is 0 Å². The second-order valence-corrected chi connectivity index (χ2v) is 19.9. The standard InChI is InChI=1S/C15H30N2O.C11H22O.C9H21N.C9H18/c1-14(8-9-15(2,3)4)16-18-13-12-17-10-6-5-7-11-17;1-10(2,3)7-8-11(4)6-5-9-12-11;1-8(2)6-7-9(3)10(4)5;1-8(2)6-7-9(3,4)5/h5-13H2,1-4H3;5-9H2,1-4H3;8-9H,6-7H2,1-5H3;1,6-7H2,2-5H3/b16-14-;;;. The lowest BCUT2D eigenvalue weighted by Crippen LogP contribution is -2.32. The number of ether oxygens (including phenoxy) is 1. The van der Waals surface area contributed by atoms with Gasteiger partial charge in [-0.3, -0.25) is 4.90 Å². The van der Waals surface area contributed by atoms with Gasteiger partial charge in [0.05, 0.1) is 11.3 Å². The fraction of sp³-hybridized carbons (Fsp3) is 0.932. The van der Waals surface area contributed by atoms with Crippen LogP contribution in [0, 0.1) is 22.2 Å². The highest BCUT2D eigenvalue weighted by molar-refractivity contribution is 5.81. The quantitative estimate of drug-likeness (QED) is 0.0785. The van der Waals surface area contributed by atoms with E-state index in [1.165, 1.54) is 89.3 Å². The fourth-order valence-electron chi connectivity index (χ4n) is 5.20. The topological polar surface area (TPSA) is 37.3 Å². The summed E-state index contributed by atoms with van der Waals surface area (Å²) in [6, 6.07) is 0.738. The second-order valence-electron chi connectivity index (χ2n) is 19.9. The molecule has 2 atom stereocenters. The summed E-state index contributed by atoms with van der Waals surface area (Å²) in [7, 11) is 4.29. The lowest BCUT2D eigenvalue weighted by Gasteiger charge is -2.27. The van der Waals surface area contributed by atoms with Crippen molar-refractivity contribution < 1.29 is 9.57 Å². The minimum atomic E-state index is 0.202. The van der Waals surface area contributed by atoms with Crippen molar-refractivity contribution in [1.29, 1.82) is 0 Å². The molecule has 2 fully saturated rings. The molecule has 2 aliphatic rings. The molecule has 0 spiro atoms. The van der Waals surface area contributed by atoms with E-state index >= 15 is 0 Å². The molecule has 294 valence electrons. The molecule has 0 aromatic carbocycles. The molecule has 2 unspecified atom stereocenters. The fourth-order valence-corrected chi connectivity index (χ4v) is 5.20. The van der Waals surface area contributed by atoms with Crippen molar-refractivity contribution in [2.75, 3.05) is 46.9 Å². The van der Waals surface area contributed by atoms with Crippen molar-refractivity contribution in [2.24, 2.45) is 27.3 Å². The molecule has 0 bridgehead atoms. The van der Waals surface area contributed by atoms with Gasteiger partial charge in [-0.1, -0.05) is 93.3 Å². The van der Waals surface area contributed by atoms with Crippen LogP contribution in [-0.2, 0) is 9.57 Å². The first-order chi connectivity index (χ1) is 22.3. The number of piperidine rings is 1. The Morgan fingerprint density at radius 3 is 1.76 bits per heavy atom. The van der Waals surface area contributed by atoms with E-state index < -0.39 is 0 Å². The Morgan fingerprint density at radius 2 is 1.35 bits per heavy atom. The van der Waals surface area contributed by atoms with Crippen LogP contribution in [0.25, 0.3) is 0 Å². The van der Waals surface area contributed by atoms with Gasteiger partial charge in [0.2, 0.25) is 0 Å². The van der Waals surface area contributed by atoms with E-state index in [1.54, 1.807) is 0 Å². The van der Waals surface area contributed by atoms with E-state index in [2.05, 4.69) is 139 Å². The predicted octanol–water partition coefficient (Wildman–Crippen LogP) is 12.8. The normalized spacial score (nSPS) is 19.7. The molecule has 0 aliphatic carbocycles. The van der Waals surface area contributed by atoms with Crippen LogP contribution in [0.1, 0.15) is 187 Å². The van der Waals surface area contributed by atoms with E-state index in [4.69, 9.17) is 9.57 Å². The highest BCUT2D eigenvalue weighted by Crippen LogP contribution is 2.34. The minimum absolute atomic E-state index is 0.202. The SMILES string of the molecule is C/C(CCC(C)(C)C)=N/OCCN1CCCCC1.C=C(C)CCC(C)(C)C.CC(C)(C)CCC1(C)CCCO1.CC(C)CCC(C)N(C)C. The Bertz CT molecular complexity index is 830. The van der Waals surface area contributed by atoms with Crippen LogP contribution in [0.15, 0.2) is 17.3 Å². The van der Waals surface area contributed by atoms with Gasteiger partial charge in [0.25, 0.3) is 0 Å². The summed E-state index contributed by atoms with van der Waals surface area (Å²) >= 11 is 0. The average Bonchev–Trinajstić information content (AvgIpc) is 3.42. The lowest BCUT2D eigenvalue weighted by atomic mass is 9.84. The van der Waals surface area contributed by atoms with E-state index in [0.29, 0.717) is 16.2 Å². The zero-order valence-electron chi connectivity index (χ0n) is 36.7. The van der Waals surface area contributed by atoms with Crippen LogP contribution >= 0.6 is 0 Å². The van der Waals surface area contributed by atoms with Crippen molar-refractivity contribution >= 4 is 5.71 Å². The van der Waals surface area contributed by atoms with E-state index in [0.717, 1.165) is 50.3 Å². The van der Waals surface area contributed by atoms with Crippen molar-refractivity contribution in [3.8, 4) is 0 Å². The summed E-state index contributed by atoms with van der Waals surface area (Å²) in [6.07, 6.45) is 16.4. The molecule has 2 rings (SSSR count). The monoisotopic (exact) mass is 694 g/mol. The number of nitrogens with zero attached hydrogens (tertiary/aromatic N) is 3. The molecule has 0 radical (unpaired) electrons. The summed E-state index contributed by atoms with van der Waals surface area (Å²) < 4.78 is 5.74. The van der Waals surface area contributed by atoms with Gasteiger partial charge in [-0.15, -0.1) is 6.58 Å². The first-order valence-corrected chi connectivity index (χ1v) is 20.2. The Labute approximate surface area is 309 Å². The van der Waals surface area contributed by atoms with Crippen LogP contribution in [0.2, 0.25) is 0 Å². The maximum absolute atomic E-state index is 5.74. The summed E-state index contributed by atoms with van der Waals surface area (Å²) in [4.78, 5) is 10.2. The third-order valence-electron chi connectivity index (χ3n) is 9.45. The molecule has 49 heavy (non-hydrogen) atoms. The Morgan fingerprint density at radius 1 is 0.816 bits per heavy atom. The van der Waals surface area contributed by atoms with Crippen molar-refractivity contribution in [2.45, 2.75) is 199 Å². The van der Waals surface area contributed by atoms with Gasteiger partial charge in [0, 0.05) is 19.2 Å². The molecule has 0 aromatic rings. The number of likely N-dealkylation sites (tertiary alicyclic amines) is 1. The van der Waals surface area contributed by atoms with Gasteiger partial charge >= 0.3 is 0 Å². The van der Waals surface area contributed by atoms with Crippen LogP contribution in [0.5, 0.6) is 0 Å². The van der Waals surface area contributed by atoms with Gasteiger partial charge in [0.15, 0.2) is 0 Å². The maximum Gasteiger partial charge on any atom is 0.129 e. The van der Waals surface area contributed by atoms with Crippen LogP contribution in [0.4, 0.5) is 0 Å². The van der Waals surface area contributed by atoms with Gasteiger partial charge < -0.3 is 14.5 Å². The zero-order chi connectivity index (χ0) is 38.3. The Kier molecular flexibility index (Phi) is 26.6. The summed E-state index contributed by atoms with van der Waals surface area (Å²) in [5.74, 6) is 0.849. The summed E-state index contributed by atoms with van der Waals surface area (Å²) in [5.41, 5.74) is 3.92. The van der Waals surface area contributed by atoms with Crippen LogP contribution in [0.3, 0.4) is 0 Å². The summed E-state index contributed by atoms with van der Waals surface area (Å²) in [6.45, 7) is 42.8. The number of hydrogen-bond acceptors (Lipinski definition) is 5. The Hall–Kier alpha value is -0.910. The average molecular weight is 694 g/mol. The van der Waals surface area contributed by atoms with Gasteiger partial charge in [0.1, 0.15) is 6.61 Å². The Balaban J connectivity index is 0. The highest BCUT2D eigenvalue weighted by atomic mass is 16.6. The van der Waals surface area contributed by atoms with Crippen molar-refractivity contribution in [1.82, 2.24) is 9.80 Å². The maximum atomic E-state index is 5.74. The number of hydrogen-bond donors (Lipinski definition) is 0. The predicted molar refractivity (Wildman–Crippen MR) is 221 cm³/mol. The molecule has 0 saturated carbocycles. The molecule has 5 nitrogen and oxygen atoms in total. The number of rotatable bonds is 14. The minimum Gasteiger partial charge on any atom is -0.394 e. The molecule has 2 saturated heterocycles. The third kappa shape index (κ3) is 36.7. The van der Waals surface area contributed by atoms with Gasteiger partial charge in [-0.2, -0.15) is 0 Å². The van der Waals surface area contributed by atoms with Gasteiger partial charge in [-0.05, 0) is 154 Å². The smallest absolute Gasteiger partial charge is 0.129 e. The molecular weight excluding hydrogens is 603 g/mol.